The zero-order chi connectivity index (χ0) is 92.5. The Balaban J connectivity index is 0.730. The number of para-hydroxylation sites is 3. The molecule has 0 fully saturated rings. The third-order valence-electron chi connectivity index (χ3n) is 35.6. The summed E-state index contributed by atoms with van der Waals surface area (Å²) in [5.74, 6) is 0. The van der Waals surface area contributed by atoms with Gasteiger partial charge >= 0.3 is 0 Å². The van der Waals surface area contributed by atoms with Crippen LogP contribution in [-0.2, 0) is 32.5 Å². The first-order valence-electron chi connectivity index (χ1n) is 52.9. The van der Waals surface area contributed by atoms with Gasteiger partial charge in [-0.3, -0.25) is 0 Å². The number of benzene rings is 16. The fourth-order valence-corrected chi connectivity index (χ4v) is 29.6. The summed E-state index contributed by atoms with van der Waals surface area (Å²) in [4.78, 5) is 2.77. The van der Waals surface area contributed by atoms with Crippen LogP contribution in [0.2, 0.25) is 0 Å². The van der Waals surface area contributed by atoms with Crippen molar-refractivity contribution < 1.29 is 13.3 Å². The van der Waals surface area contributed by atoms with Gasteiger partial charge in [0.25, 0.3) is 0 Å². The fraction of sp³-hybridized carbons (Fsp3) is 0.284. The van der Waals surface area contributed by atoms with E-state index in [1.54, 1.807) is 16.7 Å². The zero-order valence-corrected chi connectivity index (χ0v) is 81.4. The average Bonchev–Trinajstić information content (AvgIpc) is 1.49. The van der Waals surface area contributed by atoms with E-state index in [1.807, 2.05) is 0 Å². The molecule has 0 atom stereocenters. The van der Waals surface area contributed by atoms with Crippen LogP contribution in [-0.4, -0.2) is 0 Å². The molecule has 0 unspecified atom stereocenters. The summed E-state index contributed by atoms with van der Waals surface area (Å²) >= 11 is 0. The monoisotopic (exact) mass is 1790 g/mol. The summed E-state index contributed by atoms with van der Waals surface area (Å²) in [6.07, 6.45) is 29.0. The van der Waals surface area contributed by atoms with Gasteiger partial charge in [0, 0.05) is 76.6 Å². The molecule has 16 aromatic carbocycles. The molecule has 0 radical (unpaired) electrons. The first-order valence-corrected chi connectivity index (χ1v) is 52.9. The number of anilines is 3. The molecule has 138 heavy (non-hydrogen) atoms. The van der Waals surface area contributed by atoms with Crippen molar-refractivity contribution >= 4 is 82.9 Å². The Hall–Kier alpha value is -13.3. The summed E-state index contributed by atoms with van der Waals surface area (Å²) < 4.78 is 21.7. The third-order valence-corrected chi connectivity index (χ3v) is 35.6. The van der Waals surface area contributed by atoms with Gasteiger partial charge < -0.3 is 18.2 Å². The summed E-state index contributed by atoms with van der Waals surface area (Å²) in [6.45, 7) is 19.5. The molecule has 0 saturated carbocycles. The molecular weight excluding hydrogens is 1670 g/mol. The van der Waals surface area contributed by atoms with Crippen LogP contribution < -0.4 is 4.90 Å². The van der Waals surface area contributed by atoms with Gasteiger partial charge in [-0.05, 0) is 289 Å². The number of rotatable bonds is 27. The molecular formula is C134H121NO3. The van der Waals surface area contributed by atoms with E-state index in [0.29, 0.717) is 0 Å². The average molecular weight is 1790 g/mol. The highest BCUT2D eigenvalue weighted by Crippen LogP contribution is 2.73. The van der Waals surface area contributed by atoms with Crippen LogP contribution in [0.15, 0.2) is 311 Å². The van der Waals surface area contributed by atoms with Crippen LogP contribution >= 0.6 is 0 Å². The normalized spacial score (nSPS) is 15.7. The number of hydrogen-bond donors (Lipinski definition) is 0. The van der Waals surface area contributed by atoms with Gasteiger partial charge in [0.15, 0.2) is 0 Å². The standard InChI is InChI=1S/C134H121NO3/c1-9-13-17-21-41-71-131(72-42-22-18-14-10-2)100-53-33-29-49-91(100)123-124-95-52-32-40-60-116(95)138-128(124)125-92-66-63-83(76-110(92)132(127(125)126(123)131,73-43-23-19-15-11-3)74-44-24-20-16-12-4)135(82-61-64-89-96-78-109-98(80-108(96)130(7,8)107(89)75-82)119-105(129(109,5)6)67-69-117-121(119)93-50-30-38-58-114(93)136-117)84-62-65-90-97-79-113-99(81-112(97)134(111(90)77-84)103-56-36-27-47-87(103)88-48-28-37-57-104(88)134)120-106(68-70-118-122(120)94-51-31-39-59-115(94)137-118)133(113)101-54-34-25-45-85(101)86-46-26-35-55-102(86)133/h25-40,45-70,75-81H,9-24,41-44,71-74H2,1-8H3. The van der Waals surface area contributed by atoms with E-state index >= 15 is 0 Å². The van der Waals surface area contributed by atoms with Crippen LogP contribution in [0.1, 0.15) is 299 Å². The summed E-state index contributed by atoms with van der Waals surface area (Å²) in [5, 5.41) is 7.29. The molecule has 8 aliphatic rings. The van der Waals surface area contributed by atoms with Crippen LogP contribution in [0.3, 0.4) is 0 Å². The third kappa shape index (κ3) is 11.4. The second-order valence-electron chi connectivity index (χ2n) is 43.4. The molecule has 0 amide bonds. The van der Waals surface area contributed by atoms with Crippen molar-refractivity contribution in [2.24, 2.45) is 0 Å². The van der Waals surface area contributed by atoms with Gasteiger partial charge in [-0.2, -0.15) is 0 Å². The molecule has 27 rings (SSSR count). The Morgan fingerprint density at radius 1 is 0.210 bits per heavy atom. The lowest BCUT2D eigenvalue weighted by Crippen LogP contribution is -2.33. The topological polar surface area (TPSA) is 42.7 Å². The van der Waals surface area contributed by atoms with E-state index in [2.05, 4.69) is 358 Å². The minimum atomic E-state index is -0.760. The summed E-state index contributed by atoms with van der Waals surface area (Å²) in [7, 11) is 0. The number of nitrogens with zero attached hydrogens (tertiary/aromatic N) is 1. The highest BCUT2D eigenvalue weighted by atomic mass is 16.3. The molecule has 0 saturated heterocycles. The van der Waals surface area contributed by atoms with Crippen molar-refractivity contribution in [1.29, 1.82) is 0 Å². The lowest BCUT2D eigenvalue weighted by molar-refractivity contribution is 0.369. The second kappa shape index (κ2) is 31.6. The first kappa shape index (κ1) is 84.0. The minimum Gasteiger partial charge on any atom is -0.456 e. The molecule has 2 spiro atoms. The van der Waals surface area contributed by atoms with E-state index in [0.717, 1.165) is 88.8 Å². The molecule has 8 aliphatic carbocycles. The Bertz CT molecular complexity index is 8200. The maximum absolute atomic E-state index is 7.89. The summed E-state index contributed by atoms with van der Waals surface area (Å²) in [6, 6.07) is 118. The van der Waals surface area contributed by atoms with E-state index in [-0.39, 0.29) is 16.2 Å². The molecule has 19 aromatic rings. The van der Waals surface area contributed by atoms with Gasteiger partial charge in [-0.1, -0.05) is 390 Å². The van der Waals surface area contributed by atoms with Crippen molar-refractivity contribution in [2.45, 2.75) is 242 Å². The van der Waals surface area contributed by atoms with Gasteiger partial charge in [-0.25, -0.2) is 0 Å². The number of furan rings is 3. The molecule has 0 N–H and O–H groups in total. The van der Waals surface area contributed by atoms with E-state index in [1.165, 1.54) is 310 Å². The lowest BCUT2D eigenvalue weighted by atomic mass is 9.62. The van der Waals surface area contributed by atoms with Crippen molar-refractivity contribution in [2.75, 3.05) is 4.90 Å². The van der Waals surface area contributed by atoms with Gasteiger partial charge in [0.2, 0.25) is 0 Å². The Morgan fingerprint density at radius 3 is 1.05 bits per heavy atom. The summed E-state index contributed by atoms with van der Waals surface area (Å²) in [5.41, 5.74) is 50.2. The smallest absolute Gasteiger partial charge is 0.144 e. The van der Waals surface area contributed by atoms with Crippen molar-refractivity contribution in [1.82, 2.24) is 0 Å². The largest absolute Gasteiger partial charge is 0.456 e. The fourth-order valence-electron chi connectivity index (χ4n) is 29.6. The molecule has 4 nitrogen and oxygen atoms in total. The van der Waals surface area contributed by atoms with Crippen LogP contribution in [0.5, 0.6) is 0 Å². The van der Waals surface area contributed by atoms with Gasteiger partial charge in [0.05, 0.1) is 10.8 Å². The molecule has 680 valence electrons. The van der Waals surface area contributed by atoms with Crippen LogP contribution in [0.4, 0.5) is 17.1 Å². The molecule has 3 heterocycles. The Kier molecular flexibility index (Phi) is 19.3. The minimum absolute atomic E-state index is 0.215. The maximum Gasteiger partial charge on any atom is 0.144 e. The molecule has 4 heteroatoms. The molecule has 0 aliphatic heterocycles. The van der Waals surface area contributed by atoms with Gasteiger partial charge in [0.1, 0.15) is 33.5 Å². The van der Waals surface area contributed by atoms with E-state index < -0.39 is 16.2 Å². The quantitative estimate of drug-likeness (QED) is 0.0481. The van der Waals surface area contributed by atoms with E-state index in [9.17, 15) is 0 Å². The van der Waals surface area contributed by atoms with Gasteiger partial charge in [-0.15, -0.1) is 0 Å². The lowest BCUT2D eigenvalue weighted by Gasteiger charge is -2.40. The van der Waals surface area contributed by atoms with Crippen molar-refractivity contribution in [3.8, 4) is 89.0 Å². The number of unbranched alkanes of at least 4 members (excludes halogenated alkanes) is 16. The molecule has 0 bridgehead atoms. The highest BCUT2D eigenvalue weighted by molar-refractivity contribution is 6.22. The number of hydrogen-bond acceptors (Lipinski definition) is 4. The highest BCUT2D eigenvalue weighted by Gasteiger charge is 2.59. The zero-order valence-electron chi connectivity index (χ0n) is 81.4. The van der Waals surface area contributed by atoms with Crippen molar-refractivity contribution in [3.63, 3.8) is 0 Å². The SMILES string of the molecule is CCCCCCCC1(CCCCCCC)c2cc(N(c3ccc4c(c3)C(C)(C)c3cc5c(cc3-4)C(C)(C)c3ccc4oc6ccccc6c4c3-5)c3ccc4c(c3)C3(c5ccccc5-c5ccccc53)c3cc5c(cc3-4)C3(c4ccccc4-c4ccccc43)c3ccc4oc6ccccc6c4c3-5)ccc2-c2c1c1c(c3c2oc2ccccc23)-c2ccccc2C1(CCCCCCC)CCCCCCC. The predicted molar refractivity (Wildman–Crippen MR) is 577 cm³/mol. The maximum atomic E-state index is 7.89. The second-order valence-corrected chi connectivity index (χ2v) is 43.4. The predicted octanol–water partition coefficient (Wildman–Crippen LogP) is 38.1. The van der Waals surface area contributed by atoms with E-state index in [4.69, 9.17) is 13.3 Å². The molecule has 3 aromatic heterocycles. The Labute approximate surface area is 812 Å². The first-order chi connectivity index (χ1) is 67.8. The Morgan fingerprint density at radius 2 is 0.529 bits per heavy atom. The number of fused-ring (bicyclic) bond motifs is 46. The van der Waals surface area contributed by atoms with Crippen LogP contribution in [0, 0.1) is 0 Å². The van der Waals surface area contributed by atoms with Crippen molar-refractivity contribution in [3.05, 3.63) is 386 Å². The van der Waals surface area contributed by atoms with Crippen LogP contribution in [0.25, 0.3) is 155 Å².